The Morgan fingerprint density at radius 2 is 2.14 bits per heavy atom. The zero-order valence-electron chi connectivity index (χ0n) is 13.1. The average molecular weight is 305 g/mol. The minimum atomic E-state index is 0.558. The molecule has 0 aliphatic carbocycles. The first-order chi connectivity index (χ1) is 10.4. The highest BCUT2D eigenvalue weighted by atomic mass is 32.2. The Morgan fingerprint density at radius 1 is 1.29 bits per heavy atom. The van der Waals surface area contributed by atoms with Gasteiger partial charge in [0.05, 0.1) is 0 Å². The zero-order valence-corrected chi connectivity index (χ0v) is 13.9. The van der Waals surface area contributed by atoms with E-state index in [0.29, 0.717) is 12.1 Å². The molecule has 2 fully saturated rings. The molecule has 1 aromatic carbocycles. The van der Waals surface area contributed by atoms with E-state index in [9.17, 15) is 0 Å². The second-order valence-corrected chi connectivity index (χ2v) is 7.54. The Morgan fingerprint density at radius 3 is 2.86 bits per heavy atom. The summed E-state index contributed by atoms with van der Waals surface area (Å²) in [6, 6.07) is 13.1. The molecule has 2 saturated heterocycles. The fourth-order valence-corrected chi connectivity index (χ4v) is 4.92. The molecule has 1 aromatic rings. The lowest BCUT2D eigenvalue weighted by atomic mass is 9.96. The molecular formula is C18H28N2S. The molecule has 3 heteroatoms. The molecule has 2 aliphatic rings. The number of hydrogen-bond acceptors (Lipinski definition) is 3. The molecule has 116 valence electrons. The van der Waals surface area contributed by atoms with Gasteiger partial charge < -0.3 is 5.32 Å². The van der Waals surface area contributed by atoms with Gasteiger partial charge >= 0.3 is 0 Å². The number of benzene rings is 1. The number of nitrogens with one attached hydrogen (secondary N) is 1. The summed E-state index contributed by atoms with van der Waals surface area (Å²) in [4.78, 5) is 2.82. The minimum absolute atomic E-state index is 0.558. The van der Waals surface area contributed by atoms with Crippen molar-refractivity contribution in [3.8, 4) is 0 Å². The Balaban J connectivity index is 1.76. The number of hydrogen-bond donors (Lipinski definition) is 1. The van der Waals surface area contributed by atoms with Crippen LogP contribution >= 0.6 is 11.8 Å². The van der Waals surface area contributed by atoms with Gasteiger partial charge in [-0.15, -0.1) is 0 Å². The van der Waals surface area contributed by atoms with E-state index in [4.69, 9.17) is 0 Å². The molecule has 0 aromatic heterocycles. The van der Waals surface area contributed by atoms with Crippen LogP contribution < -0.4 is 5.32 Å². The van der Waals surface area contributed by atoms with Gasteiger partial charge in [0.25, 0.3) is 0 Å². The van der Waals surface area contributed by atoms with Crippen LogP contribution in [0.4, 0.5) is 0 Å². The third-order valence-electron chi connectivity index (χ3n) is 4.86. The summed E-state index contributed by atoms with van der Waals surface area (Å²) in [6.45, 7) is 4.63. The molecule has 3 unspecified atom stereocenters. The SMILES string of the molecule is CCCC1CN(C2CCCSC2)C(c2ccccc2)CN1. The Bertz CT molecular complexity index is 416. The van der Waals surface area contributed by atoms with Crippen LogP contribution in [-0.2, 0) is 0 Å². The van der Waals surface area contributed by atoms with Gasteiger partial charge in [0.1, 0.15) is 0 Å². The second kappa shape index (κ2) is 7.66. The van der Waals surface area contributed by atoms with Crippen molar-refractivity contribution in [2.75, 3.05) is 24.6 Å². The molecule has 2 nitrogen and oxygen atoms in total. The van der Waals surface area contributed by atoms with Gasteiger partial charge in [-0.05, 0) is 30.6 Å². The fourth-order valence-electron chi connectivity index (χ4n) is 3.76. The maximum Gasteiger partial charge on any atom is 0.0476 e. The van der Waals surface area contributed by atoms with E-state index in [2.05, 4.69) is 59.2 Å². The first-order valence-corrected chi connectivity index (χ1v) is 9.65. The summed E-state index contributed by atoms with van der Waals surface area (Å²) in [7, 11) is 0. The lowest BCUT2D eigenvalue weighted by Crippen LogP contribution is -2.56. The highest BCUT2D eigenvalue weighted by Crippen LogP contribution is 2.31. The van der Waals surface area contributed by atoms with E-state index < -0.39 is 0 Å². The fraction of sp³-hybridized carbons (Fsp3) is 0.667. The molecule has 2 aliphatic heterocycles. The number of piperazine rings is 1. The predicted octanol–water partition coefficient (Wildman–Crippen LogP) is 3.70. The summed E-state index contributed by atoms with van der Waals surface area (Å²) < 4.78 is 0. The second-order valence-electron chi connectivity index (χ2n) is 6.39. The van der Waals surface area contributed by atoms with Crippen molar-refractivity contribution < 1.29 is 0 Å². The molecule has 3 atom stereocenters. The van der Waals surface area contributed by atoms with Crippen molar-refractivity contribution in [3.63, 3.8) is 0 Å². The van der Waals surface area contributed by atoms with Crippen molar-refractivity contribution in [2.45, 2.75) is 50.7 Å². The lowest BCUT2D eigenvalue weighted by molar-refractivity contribution is 0.0823. The van der Waals surface area contributed by atoms with Crippen LogP contribution in [0.3, 0.4) is 0 Å². The van der Waals surface area contributed by atoms with Crippen LogP contribution in [0.25, 0.3) is 0 Å². The Hall–Kier alpha value is -0.510. The molecule has 3 rings (SSSR count). The van der Waals surface area contributed by atoms with Gasteiger partial charge in [0.2, 0.25) is 0 Å². The minimum Gasteiger partial charge on any atom is -0.311 e. The number of rotatable bonds is 4. The van der Waals surface area contributed by atoms with Crippen LogP contribution in [-0.4, -0.2) is 41.6 Å². The molecular weight excluding hydrogens is 276 g/mol. The van der Waals surface area contributed by atoms with Crippen molar-refractivity contribution in [1.29, 1.82) is 0 Å². The Kier molecular flexibility index (Phi) is 5.61. The lowest BCUT2D eigenvalue weighted by Gasteiger charge is -2.46. The van der Waals surface area contributed by atoms with Crippen molar-refractivity contribution in [2.24, 2.45) is 0 Å². The predicted molar refractivity (Wildman–Crippen MR) is 92.9 cm³/mol. The van der Waals surface area contributed by atoms with E-state index in [0.717, 1.165) is 12.6 Å². The van der Waals surface area contributed by atoms with Crippen molar-refractivity contribution in [3.05, 3.63) is 35.9 Å². The molecule has 0 saturated carbocycles. The first kappa shape index (κ1) is 15.4. The van der Waals surface area contributed by atoms with Crippen LogP contribution in [0, 0.1) is 0 Å². The molecule has 21 heavy (non-hydrogen) atoms. The maximum atomic E-state index is 3.79. The highest BCUT2D eigenvalue weighted by molar-refractivity contribution is 7.99. The molecule has 0 bridgehead atoms. The standard InChI is InChI=1S/C18H28N2S/c1-2-7-16-13-20(17-10-6-11-21-14-17)18(12-19-16)15-8-4-3-5-9-15/h3-5,8-9,16-19H,2,6-7,10-14H2,1H3. The van der Waals surface area contributed by atoms with Gasteiger partial charge in [0, 0.05) is 37.0 Å². The summed E-state index contributed by atoms with van der Waals surface area (Å²) in [5, 5.41) is 3.79. The first-order valence-electron chi connectivity index (χ1n) is 8.50. The van der Waals surface area contributed by atoms with Crippen LogP contribution in [0.1, 0.15) is 44.2 Å². The van der Waals surface area contributed by atoms with Crippen LogP contribution in [0.5, 0.6) is 0 Å². The quantitative estimate of drug-likeness (QED) is 0.913. The summed E-state index contributed by atoms with van der Waals surface area (Å²) in [6.07, 6.45) is 5.35. The summed E-state index contributed by atoms with van der Waals surface area (Å²) in [5.41, 5.74) is 1.48. The average Bonchev–Trinajstić information content (AvgIpc) is 2.57. The van der Waals surface area contributed by atoms with Gasteiger partial charge in [-0.25, -0.2) is 0 Å². The van der Waals surface area contributed by atoms with Gasteiger partial charge in [-0.3, -0.25) is 4.90 Å². The smallest absolute Gasteiger partial charge is 0.0476 e. The number of thioether (sulfide) groups is 1. The van der Waals surface area contributed by atoms with Crippen LogP contribution in [0.2, 0.25) is 0 Å². The monoisotopic (exact) mass is 304 g/mol. The largest absolute Gasteiger partial charge is 0.311 e. The third-order valence-corrected chi connectivity index (χ3v) is 6.06. The summed E-state index contributed by atoms with van der Waals surface area (Å²) in [5.74, 6) is 2.68. The number of nitrogens with zero attached hydrogens (tertiary/aromatic N) is 1. The van der Waals surface area contributed by atoms with E-state index in [1.165, 1.54) is 49.3 Å². The normalized spacial score (nSPS) is 31.2. The van der Waals surface area contributed by atoms with Crippen molar-refractivity contribution >= 4 is 11.8 Å². The maximum absolute atomic E-state index is 3.79. The van der Waals surface area contributed by atoms with E-state index in [1.54, 1.807) is 0 Å². The molecule has 0 spiro atoms. The Labute approximate surface area is 133 Å². The molecule has 2 heterocycles. The zero-order chi connectivity index (χ0) is 14.5. The van der Waals surface area contributed by atoms with Crippen LogP contribution in [0.15, 0.2) is 30.3 Å². The molecule has 0 amide bonds. The third kappa shape index (κ3) is 3.82. The highest BCUT2D eigenvalue weighted by Gasteiger charge is 2.33. The topological polar surface area (TPSA) is 15.3 Å². The summed E-state index contributed by atoms with van der Waals surface area (Å²) >= 11 is 2.15. The van der Waals surface area contributed by atoms with Gasteiger partial charge in [-0.2, -0.15) is 11.8 Å². The van der Waals surface area contributed by atoms with Gasteiger partial charge in [-0.1, -0.05) is 43.7 Å². The van der Waals surface area contributed by atoms with E-state index >= 15 is 0 Å². The molecule has 0 radical (unpaired) electrons. The van der Waals surface area contributed by atoms with Crippen molar-refractivity contribution in [1.82, 2.24) is 10.2 Å². The van der Waals surface area contributed by atoms with E-state index in [1.807, 2.05) is 0 Å². The van der Waals surface area contributed by atoms with E-state index in [-0.39, 0.29) is 0 Å². The van der Waals surface area contributed by atoms with Gasteiger partial charge in [0.15, 0.2) is 0 Å². The molecule has 1 N–H and O–H groups in total.